The lowest BCUT2D eigenvalue weighted by molar-refractivity contribution is -0.0137. The number of sulfonamides is 1. The number of amides is 1. The van der Waals surface area contributed by atoms with Gasteiger partial charge < -0.3 is 24.4 Å². The van der Waals surface area contributed by atoms with Crippen LogP contribution in [0.4, 0.5) is 5.69 Å². The number of rotatable bonds is 7. The maximum absolute atomic E-state index is 14.1. The second-order valence-corrected chi connectivity index (χ2v) is 12.4. The third-order valence-electron chi connectivity index (χ3n) is 6.90. The number of anilines is 1. The average molecular weight is 562 g/mol. The summed E-state index contributed by atoms with van der Waals surface area (Å²) in [7, 11) is 0.132. The lowest BCUT2D eigenvalue weighted by Crippen LogP contribution is -2.47. The largest absolute Gasteiger partial charge is 0.490 e. The molecule has 0 saturated heterocycles. The molecule has 1 heterocycles. The molecule has 1 aliphatic rings. The number of carbonyl (C=O) groups excluding carboxylic acids is 1. The fourth-order valence-corrected chi connectivity index (χ4v) is 5.69. The molecule has 10 heteroatoms. The monoisotopic (exact) mass is 561 g/mol. The molecule has 0 saturated carbocycles. The van der Waals surface area contributed by atoms with Gasteiger partial charge in [-0.3, -0.25) is 9.52 Å². The van der Waals surface area contributed by atoms with Crippen molar-refractivity contribution in [3.8, 4) is 5.75 Å². The number of ether oxygens (including phenoxy) is 2. The molecule has 39 heavy (non-hydrogen) atoms. The predicted molar refractivity (Wildman–Crippen MR) is 153 cm³/mol. The van der Waals surface area contributed by atoms with Gasteiger partial charge in [0.05, 0.1) is 35.3 Å². The zero-order valence-corrected chi connectivity index (χ0v) is 24.5. The smallest absolute Gasteiger partial charge is 0.261 e. The molecule has 0 fully saturated rings. The lowest BCUT2D eigenvalue weighted by Gasteiger charge is -2.35. The summed E-state index contributed by atoms with van der Waals surface area (Å²) >= 11 is 0. The van der Waals surface area contributed by atoms with Crippen molar-refractivity contribution in [3.05, 3.63) is 54.1 Å². The topological polar surface area (TPSA) is 108 Å². The molecular weight excluding hydrogens is 518 g/mol. The summed E-state index contributed by atoms with van der Waals surface area (Å²) in [6.45, 7) is 7.27. The fourth-order valence-electron chi connectivity index (χ4n) is 4.62. The van der Waals surface area contributed by atoms with Crippen LogP contribution in [0.3, 0.4) is 0 Å². The zero-order valence-electron chi connectivity index (χ0n) is 23.7. The SMILES string of the molecule is C[C@@H]1CCCCO[C@@H](CN(C)C)[C@@H](C)CN([C@H](C)CO)C(=O)c2cc(NS(=O)(=O)c3ccccc3)ccc2O1. The van der Waals surface area contributed by atoms with Gasteiger partial charge >= 0.3 is 0 Å². The van der Waals surface area contributed by atoms with E-state index in [0.717, 1.165) is 19.3 Å². The van der Waals surface area contributed by atoms with Gasteiger partial charge in [-0.1, -0.05) is 25.1 Å². The molecule has 0 radical (unpaired) electrons. The van der Waals surface area contributed by atoms with E-state index >= 15 is 0 Å². The van der Waals surface area contributed by atoms with Crippen molar-refractivity contribution in [3.63, 3.8) is 0 Å². The number of likely N-dealkylation sites (N-methyl/N-ethyl adjacent to an activating group) is 1. The summed E-state index contributed by atoms with van der Waals surface area (Å²) < 4.78 is 41.0. The molecule has 0 bridgehead atoms. The van der Waals surface area contributed by atoms with Crippen molar-refractivity contribution in [2.24, 2.45) is 5.92 Å². The number of hydrogen-bond donors (Lipinski definition) is 2. The lowest BCUT2D eigenvalue weighted by atomic mass is 10.0. The van der Waals surface area contributed by atoms with Crippen LogP contribution < -0.4 is 9.46 Å². The Bertz CT molecular complexity index is 1170. The van der Waals surface area contributed by atoms with Gasteiger partial charge in [-0.15, -0.1) is 0 Å². The molecule has 4 atom stereocenters. The Labute approximate surface area is 233 Å². The number of aliphatic hydroxyl groups excluding tert-OH is 1. The van der Waals surface area contributed by atoms with Gasteiger partial charge in [0.15, 0.2) is 0 Å². The molecule has 0 unspecified atom stereocenters. The number of benzene rings is 2. The Balaban J connectivity index is 2.02. The van der Waals surface area contributed by atoms with E-state index in [0.29, 0.717) is 25.4 Å². The van der Waals surface area contributed by atoms with Crippen molar-refractivity contribution in [2.45, 2.75) is 63.2 Å². The van der Waals surface area contributed by atoms with Crippen molar-refractivity contribution >= 4 is 21.6 Å². The third kappa shape index (κ3) is 8.66. The van der Waals surface area contributed by atoms with Crippen LogP contribution in [0.15, 0.2) is 53.4 Å². The molecule has 2 aromatic rings. The molecule has 1 amide bonds. The van der Waals surface area contributed by atoms with Gasteiger partial charge in [0.1, 0.15) is 5.75 Å². The minimum absolute atomic E-state index is 0.0173. The average Bonchev–Trinajstić information content (AvgIpc) is 2.90. The number of fused-ring (bicyclic) bond motifs is 1. The highest BCUT2D eigenvalue weighted by molar-refractivity contribution is 7.92. The molecule has 0 spiro atoms. The first-order chi connectivity index (χ1) is 18.5. The van der Waals surface area contributed by atoms with Crippen LogP contribution in [0.25, 0.3) is 0 Å². The molecule has 9 nitrogen and oxygen atoms in total. The number of carbonyl (C=O) groups is 1. The molecule has 0 aliphatic carbocycles. The molecule has 3 rings (SSSR count). The Morgan fingerprint density at radius 2 is 1.85 bits per heavy atom. The predicted octanol–water partition coefficient (Wildman–Crippen LogP) is 3.84. The Kier molecular flexibility index (Phi) is 11.2. The van der Waals surface area contributed by atoms with Crippen LogP contribution in [0.5, 0.6) is 5.75 Å². The highest BCUT2D eigenvalue weighted by Gasteiger charge is 2.30. The van der Waals surface area contributed by atoms with E-state index in [9.17, 15) is 18.3 Å². The quantitative estimate of drug-likeness (QED) is 0.529. The van der Waals surface area contributed by atoms with Gasteiger partial charge in [0, 0.05) is 31.3 Å². The molecule has 2 N–H and O–H groups in total. The van der Waals surface area contributed by atoms with E-state index in [4.69, 9.17) is 9.47 Å². The Morgan fingerprint density at radius 3 is 2.51 bits per heavy atom. The van der Waals surface area contributed by atoms with Crippen LogP contribution in [-0.4, -0.2) is 87.9 Å². The minimum Gasteiger partial charge on any atom is -0.490 e. The molecule has 2 aromatic carbocycles. The number of hydrogen-bond acceptors (Lipinski definition) is 7. The summed E-state index contributed by atoms with van der Waals surface area (Å²) in [5.41, 5.74) is 0.492. The summed E-state index contributed by atoms with van der Waals surface area (Å²) in [6.07, 6.45) is 2.33. The maximum atomic E-state index is 14.1. The van der Waals surface area contributed by atoms with Gasteiger partial charge in [0.2, 0.25) is 0 Å². The summed E-state index contributed by atoms with van der Waals surface area (Å²) in [5.74, 6) is 0.0273. The summed E-state index contributed by atoms with van der Waals surface area (Å²) in [4.78, 5) is 17.9. The van der Waals surface area contributed by atoms with Crippen LogP contribution in [0, 0.1) is 5.92 Å². The number of nitrogens with zero attached hydrogens (tertiary/aromatic N) is 2. The van der Waals surface area contributed by atoms with Crippen LogP contribution in [0.2, 0.25) is 0 Å². The standard InChI is InChI=1S/C29H43N3O6S/c1-21-18-32(22(2)20-33)29(34)26-17-24(30-39(35,36)25-12-7-6-8-13-25)14-15-27(26)38-23(3)11-9-10-16-37-28(21)19-31(4)5/h6-8,12-15,17,21-23,28,30,33H,9-11,16,18-20H2,1-5H3/t21-,22+,23+,28-/m0/s1. The van der Waals surface area contributed by atoms with Gasteiger partial charge in [-0.25, -0.2) is 8.42 Å². The normalized spacial score (nSPS) is 22.5. The first-order valence-electron chi connectivity index (χ1n) is 13.6. The highest BCUT2D eigenvalue weighted by atomic mass is 32.2. The van der Waals surface area contributed by atoms with Crippen molar-refractivity contribution in [1.29, 1.82) is 0 Å². The van der Waals surface area contributed by atoms with E-state index in [1.807, 2.05) is 27.9 Å². The second-order valence-electron chi connectivity index (χ2n) is 10.7. The Morgan fingerprint density at radius 1 is 1.13 bits per heavy atom. The van der Waals surface area contributed by atoms with E-state index in [1.165, 1.54) is 18.2 Å². The fraction of sp³-hybridized carbons (Fsp3) is 0.552. The first kappa shape index (κ1) is 30.9. The van der Waals surface area contributed by atoms with Gasteiger partial charge in [-0.2, -0.15) is 0 Å². The van der Waals surface area contributed by atoms with Gasteiger partial charge in [0.25, 0.3) is 15.9 Å². The third-order valence-corrected chi connectivity index (χ3v) is 8.30. The first-order valence-corrected chi connectivity index (χ1v) is 15.1. The van der Waals surface area contributed by atoms with Crippen LogP contribution in [-0.2, 0) is 14.8 Å². The molecular formula is C29H43N3O6S. The summed E-state index contributed by atoms with van der Waals surface area (Å²) in [6, 6.07) is 12.4. The molecule has 216 valence electrons. The van der Waals surface area contributed by atoms with E-state index in [-0.39, 0.29) is 46.8 Å². The minimum atomic E-state index is -3.86. The van der Waals surface area contributed by atoms with Crippen LogP contribution >= 0.6 is 0 Å². The summed E-state index contributed by atoms with van der Waals surface area (Å²) in [5, 5.41) is 10.0. The van der Waals surface area contributed by atoms with Crippen LogP contribution in [0.1, 0.15) is 50.4 Å². The molecule has 1 aliphatic heterocycles. The second kappa shape index (κ2) is 14.1. The number of aliphatic hydroxyl groups is 1. The van der Waals surface area contributed by atoms with E-state index in [1.54, 1.807) is 42.2 Å². The highest BCUT2D eigenvalue weighted by Crippen LogP contribution is 2.29. The van der Waals surface area contributed by atoms with E-state index < -0.39 is 16.1 Å². The Hall–Kier alpha value is -2.66. The molecule has 0 aromatic heterocycles. The van der Waals surface area contributed by atoms with Crippen molar-refractivity contribution in [1.82, 2.24) is 9.80 Å². The number of nitrogens with one attached hydrogen (secondary N) is 1. The van der Waals surface area contributed by atoms with Crippen molar-refractivity contribution < 1.29 is 27.8 Å². The maximum Gasteiger partial charge on any atom is 0.261 e. The zero-order chi connectivity index (χ0) is 28.6. The van der Waals surface area contributed by atoms with Gasteiger partial charge in [-0.05, 0) is 77.5 Å². The van der Waals surface area contributed by atoms with E-state index in [2.05, 4.69) is 9.62 Å². The van der Waals surface area contributed by atoms with Crippen molar-refractivity contribution in [2.75, 3.05) is 45.1 Å².